The molecule has 7 nitrogen and oxygen atoms in total. The van der Waals surface area contributed by atoms with Crippen molar-refractivity contribution in [3.8, 4) is 0 Å². The first-order chi connectivity index (χ1) is 11.1. The van der Waals surface area contributed by atoms with Gasteiger partial charge in [-0.1, -0.05) is 31.4 Å². The Kier molecular flexibility index (Phi) is 6.22. The fourth-order valence-electron chi connectivity index (χ4n) is 2.64. The van der Waals surface area contributed by atoms with E-state index >= 15 is 0 Å². The Morgan fingerprint density at radius 2 is 2.09 bits per heavy atom. The number of rotatable bonds is 6. The van der Waals surface area contributed by atoms with Gasteiger partial charge in [0.05, 0.1) is 17.2 Å². The van der Waals surface area contributed by atoms with Crippen molar-refractivity contribution in [2.75, 3.05) is 6.54 Å². The smallest absolute Gasteiger partial charge is 0.270 e. The molecule has 0 atom stereocenters. The Morgan fingerprint density at radius 1 is 1.35 bits per heavy atom. The second-order valence-corrected chi connectivity index (χ2v) is 5.76. The van der Waals surface area contributed by atoms with Crippen molar-refractivity contribution in [3.05, 3.63) is 39.9 Å². The molecule has 0 bridgehead atoms. The molecule has 0 heterocycles. The lowest BCUT2D eigenvalue weighted by atomic mass is 9.95. The summed E-state index contributed by atoms with van der Waals surface area (Å²) >= 11 is 0. The molecule has 124 valence electrons. The number of carbonyl (C=O) groups is 1. The van der Waals surface area contributed by atoms with E-state index in [9.17, 15) is 14.9 Å². The van der Waals surface area contributed by atoms with E-state index in [0.717, 1.165) is 12.8 Å². The van der Waals surface area contributed by atoms with Crippen molar-refractivity contribution in [1.29, 1.82) is 0 Å². The minimum absolute atomic E-state index is 0.00217. The van der Waals surface area contributed by atoms with Gasteiger partial charge in [-0.15, -0.1) is 0 Å². The molecular formula is C16H22N4O3. The molecule has 0 aromatic heterocycles. The molecule has 23 heavy (non-hydrogen) atoms. The summed E-state index contributed by atoms with van der Waals surface area (Å²) in [6.45, 7) is 1.93. The van der Waals surface area contributed by atoms with Crippen LogP contribution in [-0.4, -0.2) is 29.1 Å². The molecule has 0 unspecified atom stereocenters. The third-order valence-electron chi connectivity index (χ3n) is 3.98. The van der Waals surface area contributed by atoms with Crippen LogP contribution in [0.3, 0.4) is 0 Å². The molecule has 0 spiro atoms. The number of non-ortho nitro benzene ring substituents is 1. The highest BCUT2D eigenvalue weighted by atomic mass is 16.6. The maximum Gasteiger partial charge on any atom is 0.270 e. The molecule has 1 saturated carbocycles. The van der Waals surface area contributed by atoms with Crippen LogP contribution in [-0.2, 0) is 4.79 Å². The van der Waals surface area contributed by atoms with Gasteiger partial charge in [-0.2, -0.15) is 5.10 Å². The highest BCUT2D eigenvalue weighted by Gasteiger charge is 2.13. The lowest BCUT2D eigenvalue weighted by Gasteiger charge is -2.22. The minimum atomic E-state index is -0.455. The van der Waals surface area contributed by atoms with Gasteiger partial charge in [0.25, 0.3) is 11.6 Å². The molecule has 1 aliphatic carbocycles. The van der Waals surface area contributed by atoms with Crippen molar-refractivity contribution in [2.45, 2.75) is 45.1 Å². The predicted octanol–water partition coefficient (Wildman–Crippen LogP) is 2.36. The number of nitrogens with zero attached hydrogens (tertiary/aromatic N) is 2. The van der Waals surface area contributed by atoms with Crippen LogP contribution >= 0.6 is 0 Å². The first-order valence-corrected chi connectivity index (χ1v) is 7.87. The molecule has 1 amide bonds. The summed E-state index contributed by atoms with van der Waals surface area (Å²) in [6.07, 6.45) is 5.93. The van der Waals surface area contributed by atoms with Crippen LogP contribution < -0.4 is 10.7 Å². The first-order valence-electron chi connectivity index (χ1n) is 7.87. The molecule has 1 aromatic rings. The van der Waals surface area contributed by atoms with Gasteiger partial charge in [-0.05, 0) is 19.8 Å². The van der Waals surface area contributed by atoms with E-state index in [1.165, 1.54) is 31.4 Å². The van der Waals surface area contributed by atoms with Crippen LogP contribution in [0, 0.1) is 10.1 Å². The highest BCUT2D eigenvalue weighted by molar-refractivity contribution is 5.99. The van der Waals surface area contributed by atoms with E-state index < -0.39 is 4.92 Å². The fourth-order valence-corrected chi connectivity index (χ4v) is 2.64. The van der Waals surface area contributed by atoms with Crippen molar-refractivity contribution in [2.24, 2.45) is 5.10 Å². The number of benzene rings is 1. The third-order valence-corrected chi connectivity index (χ3v) is 3.98. The second kappa shape index (κ2) is 8.38. The molecule has 7 heteroatoms. The topological polar surface area (TPSA) is 96.6 Å². The summed E-state index contributed by atoms with van der Waals surface area (Å²) in [5, 5.41) is 18.0. The molecule has 1 fully saturated rings. The number of amides is 1. The van der Waals surface area contributed by atoms with Crippen molar-refractivity contribution in [3.63, 3.8) is 0 Å². The molecule has 1 aliphatic rings. The van der Waals surface area contributed by atoms with Gasteiger partial charge < -0.3 is 5.32 Å². The number of hydrogen-bond acceptors (Lipinski definition) is 5. The standard InChI is InChI=1S/C16H22N4O3/c1-12(13-6-5-9-15(10-13)20(22)23)18-19-16(21)11-17-14-7-3-2-4-8-14/h5-6,9-10,14,17H,2-4,7-8,11H2,1H3,(H,19,21)/b18-12-. The zero-order valence-electron chi connectivity index (χ0n) is 13.2. The maximum atomic E-state index is 11.8. The first kappa shape index (κ1) is 17.1. The number of hydrogen-bond donors (Lipinski definition) is 2. The summed E-state index contributed by atoms with van der Waals surface area (Å²) in [5.41, 5.74) is 3.63. The number of carbonyl (C=O) groups excluding carboxylic acids is 1. The van der Waals surface area contributed by atoms with E-state index in [4.69, 9.17) is 0 Å². The number of nitrogens with one attached hydrogen (secondary N) is 2. The van der Waals surface area contributed by atoms with Crippen molar-refractivity contribution in [1.82, 2.24) is 10.7 Å². The van der Waals surface area contributed by atoms with Gasteiger partial charge in [0.1, 0.15) is 0 Å². The monoisotopic (exact) mass is 318 g/mol. The number of nitro benzene ring substituents is 1. The van der Waals surface area contributed by atoms with Crippen LogP contribution in [0.1, 0.15) is 44.6 Å². The average molecular weight is 318 g/mol. The van der Waals surface area contributed by atoms with Gasteiger partial charge in [0.15, 0.2) is 0 Å². The van der Waals surface area contributed by atoms with Gasteiger partial charge in [0, 0.05) is 23.7 Å². The lowest BCUT2D eigenvalue weighted by molar-refractivity contribution is -0.384. The Bertz CT molecular complexity index is 595. The van der Waals surface area contributed by atoms with Crippen molar-refractivity contribution < 1.29 is 9.72 Å². The normalized spacial score (nSPS) is 16.1. The zero-order chi connectivity index (χ0) is 16.7. The summed E-state index contributed by atoms with van der Waals surface area (Å²) < 4.78 is 0. The molecule has 2 rings (SSSR count). The van der Waals surface area contributed by atoms with Crippen LogP contribution in [0.2, 0.25) is 0 Å². The summed E-state index contributed by atoms with van der Waals surface area (Å²) in [4.78, 5) is 22.1. The molecule has 0 aliphatic heterocycles. The van der Waals surface area contributed by atoms with Gasteiger partial charge in [0.2, 0.25) is 0 Å². The highest BCUT2D eigenvalue weighted by Crippen LogP contribution is 2.17. The van der Waals surface area contributed by atoms with Crippen LogP contribution in [0.25, 0.3) is 0 Å². The lowest BCUT2D eigenvalue weighted by Crippen LogP contribution is -2.38. The SMILES string of the molecule is C/C(=N/NC(=O)CNC1CCCCC1)c1cccc([N+](=O)[O-])c1. The average Bonchev–Trinajstić information content (AvgIpc) is 2.58. The van der Waals surface area contributed by atoms with E-state index in [0.29, 0.717) is 17.3 Å². The van der Waals surface area contributed by atoms with Gasteiger partial charge in [-0.25, -0.2) is 5.43 Å². The Hall–Kier alpha value is -2.28. The summed E-state index contributed by atoms with van der Waals surface area (Å²) in [7, 11) is 0. The number of hydrazone groups is 1. The van der Waals surface area contributed by atoms with Crippen LogP contribution in [0.5, 0.6) is 0 Å². The van der Waals surface area contributed by atoms with Gasteiger partial charge in [-0.3, -0.25) is 14.9 Å². The Morgan fingerprint density at radius 3 is 2.78 bits per heavy atom. The van der Waals surface area contributed by atoms with Crippen LogP contribution in [0.4, 0.5) is 5.69 Å². The minimum Gasteiger partial charge on any atom is -0.306 e. The largest absolute Gasteiger partial charge is 0.306 e. The summed E-state index contributed by atoms with van der Waals surface area (Å²) in [6, 6.07) is 6.59. The predicted molar refractivity (Wildman–Crippen MR) is 88.3 cm³/mol. The van der Waals surface area contributed by atoms with E-state index in [2.05, 4.69) is 15.8 Å². The molecule has 1 aromatic carbocycles. The maximum absolute atomic E-state index is 11.8. The van der Waals surface area contributed by atoms with E-state index in [-0.39, 0.29) is 18.1 Å². The summed E-state index contributed by atoms with van der Waals surface area (Å²) in [5.74, 6) is -0.208. The number of nitro groups is 1. The molecule has 0 radical (unpaired) electrons. The van der Waals surface area contributed by atoms with Crippen molar-refractivity contribution >= 4 is 17.3 Å². The fraction of sp³-hybridized carbons (Fsp3) is 0.500. The van der Waals surface area contributed by atoms with E-state index in [1.54, 1.807) is 19.1 Å². The zero-order valence-corrected chi connectivity index (χ0v) is 13.2. The third kappa shape index (κ3) is 5.45. The quantitative estimate of drug-likeness (QED) is 0.478. The Labute approximate surface area is 135 Å². The second-order valence-electron chi connectivity index (χ2n) is 5.76. The van der Waals surface area contributed by atoms with E-state index in [1.807, 2.05) is 0 Å². The molecule has 2 N–H and O–H groups in total. The van der Waals surface area contributed by atoms with Gasteiger partial charge >= 0.3 is 0 Å². The molecule has 0 saturated heterocycles. The molecular weight excluding hydrogens is 296 g/mol. The Balaban J connectivity index is 1.84. The van der Waals surface area contributed by atoms with Crippen LogP contribution in [0.15, 0.2) is 29.4 Å².